The number of hydrogen-bond acceptors (Lipinski definition) is 3. The average molecular weight is 169 g/mol. The Bertz CT molecular complexity index is 203. The topological polar surface area (TPSA) is 29.5 Å². The molecule has 2 fully saturated rings. The summed E-state index contributed by atoms with van der Waals surface area (Å²) in [6.45, 7) is 2.60. The molecule has 68 valence electrons. The number of piperidine rings is 1. The van der Waals surface area contributed by atoms with Gasteiger partial charge in [-0.3, -0.25) is 4.79 Å². The summed E-state index contributed by atoms with van der Waals surface area (Å²) in [4.78, 5) is 13.1. The summed E-state index contributed by atoms with van der Waals surface area (Å²) in [7, 11) is 2.15. The molecule has 0 unspecified atom stereocenters. The lowest BCUT2D eigenvalue weighted by Crippen LogP contribution is -2.36. The highest BCUT2D eigenvalue weighted by Crippen LogP contribution is 2.38. The summed E-state index contributed by atoms with van der Waals surface area (Å²) in [5, 5.41) is 0. The minimum absolute atomic E-state index is 0.129. The second-order valence-corrected chi connectivity index (χ2v) is 3.97. The molecule has 3 atom stereocenters. The minimum atomic E-state index is -0.129. The molecule has 3 heteroatoms. The van der Waals surface area contributed by atoms with Crippen molar-refractivity contribution in [3.05, 3.63) is 0 Å². The normalized spacial score (nSPS) is 40.3. The number of nitrogens with zero attached hydrogens (tertiary/aromatic N) is 1. The third kappa shape index (κ3) is 1.22. The van der Waals surface area contributed by atoms with Crippen molar-refractivity contribution in [2.75, 3.05) is 13.6 Å². The fraction of sp³-hybridized carbons (Fsp3) is 0.889. The van der Waals surface area contributed by atoms with E-state index in [4.69, 9.17) is 4.74 Å². The number of ether oxygens (including phenoxy) is 1. The van der Waals surface area contributed by atoms with Gasteiger partial charge in [-0.15, -0.1) is 0 Å². The van der Waals surface area contributed by atoms with Gasteiger partial charge in [-0.05, 0) is 13.5 Å². The fourth-order valence-corrected chi connectivity index (χ4v) is 2.49. The van der Waals surface area contributed by atoms with Crippen molar-refractivity contribution >= 4 is 5.97 Å². The van der Waals surface area contributed by atoms with Crippen LogP contribution in [-0.2, 0) is 9.53 Å². The molecule has 0 spiro atoms. The number of likely N-dealkylation sites (tertiary alicyclic amines) is 1. The Morgan fingerprint density at radius 2 is 2.25 bits per heavy atom. The standard InChI is InChI=1S/C9H15NO2/c1-6(11)12-9-4-8-3-7(9)5-10(8)2/h7-9H,3-5H2,1-2H3/t7-,8-,9-/m1/s1. The number of esters is 1. The van der Waals surface area contributed by atoms with Crippen molar-refractivity contribution < 1.29 is 9.53 Å². The maximum Gasteiger partial charge on any atom is 0.302 e. The van der Waals surface area contributed by atoms with E-state index < -0.39 is 0 Å². The van der Waals surface area contributed by atoms with Crippen molar-refractivity contribution in [1.82, 2.24) is 4.90 Å². The van der Waals surface area contributed by atoms with Gasteiger partial charge >= 0.3 is 5.97 Å². The first-order chi connectivity index (χ1) is 5.66. The van der Waals surface area contributed by atoms with Crippen LogP contribution in [0, 0.1) is 5.92 Å². The summed E-state index contributed by atoms with van der Waals surface area (Å²) in [5.74, 6) is 0.471. The van der Waals surface area contributed by atoms with Gasteiger partial charge in [-0.1, -0.05) is 0 Å². The summed E-state index contributed by atoms with van der Waals surface area (Å²) in [6.07, 6.45) is 2.47. The Morgan fingerprint density at radius 3 is 2.67 bits per heavy atom. The van der Waals surface area contributed by atoms with Crippen LogP contribution in [-0.4, -0.2) is 36.6 Å². The van der Waals surface area contributed by atoms with Gasteiger partial charge in [0.15, 0.2) is 0 Å². The molecule has 1 saturated carbocycles. The Balaban J connectivity index is 1.94. The highest BCUT2D eigenvalue weighted by atomic mass is 16.5. The van der Waals surface area contributed by atoms with Gasteiger partial charge in [0.1, 0.15) is 6.10 Å². The molecule has 1 saturated heterocycles. The zero-order valence-electron chi connectivity index (χ0n) is 7.62. The van der Waals surface area contributed by atoms with Gasteiger partial charge in [-0.2, -0.15) is 0 Å². The first kappa shape index (κ1) is 8.05. The molecule has 0 radical (unpaired) electrons. The van der Waals surface area contributed by atoms with Crippen molar-refractivity contribution in [2.24, 2.45) is 5.92 Å². The second-order valence-electron chi connectivity index (χ2n) is 3.97. The SMILES string of the molecule is CC(=O)O[C@@H]1C[C@H]2C[C@@H]1CN2C. The van der Waals surface area contributed by atoms with Gasteiger partial charge in [0, 0.05) is 31.8 Å². The molecule has 3 nitrogen and oxygen atoms in total. The van der Waals surface area contributed by atoms with Gasteiger partial charge in [-0.25, -0.2) is 0 Å². The zero-order valence-corrected chi connectivity index (χ0v) is 7.62. The molecule has 0 N–H and O–H groups in total. The van der Waals surface area contributed by atoms with Crippen LogP contribution in [0.5, 0.6) is 0 Å². The third-order valence-corrected chi connectivity index (χ3v) is 3.07. The number of carbonyl (C=O) groups is 1. The van der Waals surface area contributed by atoms with E-state index >= 15 is 0 Å². The fourth-order valence-electron chi connectivity index (χ4n) is 2.49. The monoisotopic (exact) mass is 169 g/mol. The molecule has 1 aliphatic heterocycles. The van der Waals surface area contributed by atoms with Gasteiger partial charge < -0.3 is 9.64 Å². The highest BCUT2D eigenvalue weighted by molar-refractivity contribution is 5.66. The lowest BCUT2D eigenvalue weighted by molar-refractivity contribution is -0.149. The van der Waals surface area contributed by atoms with Crippen LogP contribution < -0.4 is 0 Å². The van der Waals surface area contributed by atoms with Crippen LogP contribution in [0.2, 0.25) is 0 Å². The van der Waals surface area contributed by atoms with E-state index in [1.54, 1.807) is 0 Å². The van der Waals surface area contributed by atoms with E-state index in [9.17, 15) is 4.79 Å². The lowest BCUT2D eigenvalue weighted by Gasteiger charge is -2.27. The second kappa shape index (κ2) is 2.73. The van der Waals surface area contributed by atoms with Crippen LogP contribution in [0.4, 0.5) is 0 Å². The largest absolute Gasteiger partial charge is 0.462 e. The first-order valence-corrected chi connectivity index (χ1v) is 4.54. The lowest BCUT2D eigenvalue weighted by atomic mass is 10.1. The van der Waals surface area contributed by atoms with Crippen LogP contribution in [0.15, 0.2) is 0 Å². The molecule has 0 aromatic carbocycles. The van der Waals surface area contributed by atoms with Crippen molar-refractivity contribution in [3.63, 3.8) is 0 Å². The molecule has 2 aliphatic rings. The predicted molar refractivity (Wildman–Crippen MR) is 44.7 cm³/mol. The van der Waals surface area contributed by atoms with E-state index in [2.05, 4.69) is 11.9 Å². The third-order valence-electron chi connectivity index (χ3n) is 3.07. The Kier molecular flexibility index (Phi) is 1.83. The molecule has 12 heavy (non-hydrogen) atoms. The summed E-state index contributed by atoms with van der Waals surface area (Å²) < 4.78 is 5.23. The minimum Gasteiger partial charge on any atom is -0.462 e. The highest BCUT2D eigenvalue weighted by Gasteiger charge is 2.44. The smallest absolute Gasteiger partial charge is 0.302 e. The summed E-state index contributed by atoms with van der Waals surface area (Å²) >= 11 is 0. The zero-order chi connectivity index (χ0) is 8.72. The molecule has 0 aromatic heterocycles. The van der Waals surface area contributed by atoms with Crippen molar-refractivity contribution in [3.8, 4) is 0 Å². The quantitative estimate of drug-likeness (QED) is 0.539. The molecule has 2 rings (SSSR count). The van der Waals surface area contributed by atoms with Gasteiger partial charge in [0.25, 0.3) is 0 Å². The number of rotatable bonds is 1. The molecule has 0 aromatic rings. The van der Waals surface area contributed by atoms with Gasteiger partial charge in [0.2, 0.25) is 0 Å². The number of carbonyl (C=O) groups excluding carboxylic acids is 1. The Hall–Kier alpha value is -0.570. The molecular weight excluding hydrogens is 154 g/mol. The number of hydrogen-bond donors (Lipinski definition) is 0. The number of fused-ring (bicyclic) bond motifs is 2. The summed E-state index contributed by atoms with van der Waals surface area (Å²) in [5.41, 5.74) is 0. The Labute approximate surface area is 72.7 Å². The van der Waals surface area contributed by atoms with E-state index in [1.807, 2.05) is 0 Å². The van der Waals surface area contributed by atoms with Crippen LogP contribution in [0.25, 0.3) is 0 Å². The molecular formula is C9H15NO2. The van der Waals surface area contributed by atoms with E-state index in [-0.39, 0.29) is 12.1 Å². The maximum atomic E-state index is 10.7. The van der Waals surface area contributed by atoms with Crippen LogP contribution in [0.3, 0.4) is 0 Å². The molecule has 1 heterocycles. The van der Waals surface area contributed by atoms with Gasteiger partial charge in [0.05, 0.1) is 0 Å². The first-order valence-electron chi connectivity index (χ1n) is 4.54. The Morgan fingerprint density at radius 1 is 1.50 bits per heavy atom. The molecule has 0 amide bonds. The summed E-state index contributed by atoms with van der Waals surface area (Å²) in [6, 6.07) is 0.666. The van der Waals surface area contributed by atoms with Crippen LogP contribution in [0.1, 0.15) is 19.8 Å². The maximum absolute atomic E-state index is 10.7. The van der Waals surface area contributed by atoms with Crippen molar-refractivity contribution in [2.45, 2.75) is 31.9 Å². The average Bonchev–Trinajstić information content (AvgIpc) is 2.44. The van der Waals surface area contributed by atoms with Crippen LogP contribution >= 0.6 is 0 Å². The van der Waals surface area contributed by atoms with Crippen molar-refractivity contribution in [1.29, 1.82) is 0 Å². The van der Waals surface area contributed by atoms with E-state index in [0.29, 0.717) is 12.0 Å². The van der Waals surface area contributed by atoms with E-state index in [0.717, 1.165) is 13.0 Å². The molecule has 1 aliphatic carbocycles. The predicted octanol–water partition coefficient (Wildman–Crippen LogP) is 0.642. The molecule has 2 bridgehead atoms. The van der Waals surface area contributed by atoms with E-state index in [1.165, 1.54) is 13.3 Å².